The van der Waals surface area contributed by atoms with Crippen molar-refractivity contribution < 1.29 is 14.4 Å². The van der Waals surface area contributed by atoms with Crippen molar-refractivity contribution >= 4 is 28.8 Å². The van der Waals surface area contributed by atoms with Crippen LogP contribution in [0.1, 0.15) is 61.1 Å². The molecule has 176 valence electrons. The largest absolute Gasteiger partial charge is 0.357 e. The number of nitrogens with one attached hydrogen (secondary N) is 1. The molecule has 1 aliphatic heterocycles. The molecule has 3 aromatic rings. The molecule has 2 aliphatic rings. The average molecular weight is 465 g/mol. The molecular weight excluding hydrogens is 436 g/mol. The first kappa shape index (κ1) is 22.8. The highest BCUT2D eigenvalue weighted by Crippen LogP contribution is 2.48. The van der Waals surface area contributed by atoms with E-state index in [-0.39, 0.29) is 22.9 Å². The molecule has 0 spiro atoms. The minimum Gasteiger partial charge on any atom is -0.357 e. The van der Waals surface area contributed by atoms with Gasteiger partial charge in [-0.2, -0.15) is 0 Å². The molecule has 5 nitrogen and oxygen atoms in total. The SMILES string of the molecule is CC(=O)N1c2ccccc2NC2=C(C(=O)CC(C)(C)C2)C1c1ccc(C(=O)c2ccccc2)cc1. The van der Waals surface area contributed by atoms with Gasteiger partial charge in [-0.25, -0.2) is 0 Å². The lowest BCUT2D eigenvalue weighted by Gasteiger charge is -2.36. The van der Waals surface area contributed by atoms with Gasteiger partial charge in [-0.1, -0.05) is 80.6 Å². The molecule has 1 atom stereocenters. The summed E-state index contributed by atoms with van der Waals surface area (Å²) in [6.45, 7) is 5.71. The molecule has 0 saturated carbocycles. The molecule has 0 aromatic heterocycles. The summed E-state index contributed by atoms with van der Waals surface area (Å²) in [5.74, 6) is -0.179. The molecule has 5 rings (SSSR count). The van der Waals surface area contributed by atoms with Crippen molar-refractivity contribution in [2.24, 2.45) is 5.41 Å². The third-order valence-electron chi connectivity index (χ3n) is 6.76. The summed E-state index contributed by atoms with van der Waals surface area (Å²) in [5.41, 5.74) is 4.81. The maximum Gasteiger partial charge on any atom is 0.224 e. The number of hydrogen-bond donors (Lipinski definition) is 1. The smallest absolute Gasteiger partial charge is 0.224 e. The third kappa shape index (κ3) is 4.18. The summed E-state index contributed by atoms with van der Waals surface area (Å²) >= 11 is 0. The van der Waals surface area contributed by atoms with Gasteiger partial charge in [0.2, 0.25) is 5.91 Å². The molecule has 35 heavy (non-hydrogen) atoms. The lowest BCUT2D eigenvalue weighted by molar-refractivity contribution is -0.118. The first-order chi connectivity index (χ1) is 16.7. The maximum absolute atomic E-state index is 13.6. The second-order valence-corrected chi connectivity index (χ2v) is 10.1. The van der Waals surface area contributed by atoms with Gasteiger partial charge in [0.1, 0.15) is 0 Å². The van der Waals surface area contributed by atoms with E-state index in [1.807, 2.05) is 54.6 Å². The molecule has 1 amide bonds. The second-order valence-electron chi connectivity index (χ2n) is 10.1. The quantitative estimate of drug-likeness (QED) is 0.477. The minimum atomic E-state index is -0.580. The van der Waals surface area contributed by atoms with Crippen LogP contribution in [0, 0.1) is 5.41 Å². The fourth-order valence-electron chi connectivity index (χ4n) is 5.22. The summed E-state index contributed by atoms with van der Waals surface area (Å²) in [5, 5.41) is 3.49. The predicted octanol–water partition coefficient (Wildman–Crippen LogP) is 6.08. The Morgan fingerprint density at radius 1 is 0.857 bits per heavy atom. The van der Waals surface area contributed by atoms with Gasteiger partial charge in [-0.05, 0) is 29.5 Å². The summed E-state index contributed by atoms with van der Waals surface area (Å²) in [7, 11) is 0. The monoisotopic (exact) mass is 464 g/mol. The van der Waals surface area contributed by atoms with Gasteiger partial charge >= 0.3 is 0 Å². The number of benzene rings is 3. The number of carbonyl (C=O) groups is 3. The van der Waals surface area contributed by atoms with E-state index in [2.05, 4.69) is 19.2 Å². The maximum atomic E-state index is 13.6. The Balaban J connectivity index is 1.65. The Morgan fingerprint density at radius 2 is 1.49 bits per heavy atom. The molecule has 0 saturated heterocycles. The molecule has 1 N–H and O–H groups in total. The number of rotatable bonds is 3. The second kappa shape index (κ2) is 8.66. The van der Waals surface area contributed by atoms with Gasteiger partial charge in [0, 0.05) is 35.7 Å². The van der Waals surface area contributed by atoms with Gasteiger partial charge < -0.3 is 5.32 Å². The number of allylic oxidation sites excluding steroid dienone is 1. The van der Waals surface area contributed by atoms with Gasteiger partial charge in [-0.3, -0.25) is 19.3 Å². The first-order valence-corrected chi connectivity index (χ1v) is 11.9. The van der Waals surface area contributed by atoms with E-state index in [0.717, 1.165) is 22.6 Å². The predicted molar refractivity (Wildman–Crippen MR) is 137 cm³/mol. The molecule has 3 aromatic carbocycles. The van der Waals surface area contributed by atoms with E-state index in [1.165, 1.54) is 6.92 Å². The van der Waals surface area contributed by atoms with E-state index >= 15 is 0 Å². The zero-order valence-electron chi connectivity index (χ0n) is 20.2. The van der Waals surface area contributed by atoms with Crippen LogP contribution in [0.5, 0.6) is 0 Å². The van der Waals surface area contributed by atoms with Crippen molar-refractivity contribution in [3.8, 4) is 0 Å². The standard InChI is InChI=1S/C30H28N2O3/c1-19(33)32-25-12-8-7-11-23(25)31-24-17-30(2,3)18-26(34)27(24)28(32)20-13-15-22(16-14-20)29(35)21-9-5-4-6-10-21/h4-16,28,31H,17-18H2,1-3H3. The number of nitrogens with zero attached hydrogens (tertiary/aromatic N) is 1. The molecule has 5 heteroatoms. The van der Waals surface area contributed by atoms with Gasteiger partial charge in [0.05, 0.1) is 17.4 Å². The number of carbonyl (C=O) groups excluding carboxylic acids is 3. The van der Waals surface area contributed by atoms with Crippen LogP contribution in [0.15, 0.2) is 90.1 Å². The van der Waals surface area contributed by atoms with Crippen LogP contribution in [0.4, 0.5) is 11.4 Å². The third-order valence-corrected chi connectivity index (χ3v) is 6.76. The van der Waals surface area contributed by atoms with E-state index in [9.17, 15) is 14.4 Å². The van der Waals surface area contributed by atoms with Crippen LogP contribution in [-0.4, -0.2) is 17.5 Å². The topological polar surface area (TPSA) is 66.5 Å². The number of amides is 1. The normalized spacial score (nSPS) is 18.8. The number of anilines is 2. The van der Waals surface area contributed by atoms with E-state index in [1.54, 1.807) is 29.2 Å². The highest BCUT2D eigenvalue weighted by atomic mass is 16.2. The van der Waals surface area contributed by atoms with Crippen LogP contribution in [0.2, 0.25) is 0 Å². The lowest BCUT2D eigenvalue weighted by Crippen LogP contribution is -2.38. The average Bonchev–Trinajstić information content (AvgIpc) is 2.98. The van der Waals surface area contributed by atoms with Crippen LogP contribution in [0.3, 0.4) is 0 Å². The summed E-state index contributed by atoms with van der Waals surface area (Å²) in [6, 6.07) is 23.5. The molecule has 1 heterocycles. The van der Waals surface area contributed by atoms with Gasteiger partial charge in [-0.15, -0.1) is 0 Å². The van der Waals surface area contributed by atoms with Crippen LogP contribution in [-0.2, 0) is 9.59 Å². The lowest BCUT2D eigenvalue weighted by atomic mass is 9.73. The van der Waals surface area contributed by atoms with Crippen LogP contribution < -0.4 is 10.2 Å². The molecule has 1 unspecified atom stereocenters. The van der Waals surface area contributed by atoms with E-state index in [0.29, 0.717) is 29.5 Å². The Bertz CT molecular complexity index is 1350. The number of ketones is 2. The van der Waals surface area contributed by atoms with Crippen molar-refractivity contribution in [3.63, 3.8) is 0 Å². The Hall–Kier alpha value is -3.99. The molecule has 1 aliphatic carbocycles. The molecule has 0 fully saturated rings. The highest BCUT2D eigenvalue weighted by Gasteiger charge is 2.42. The Kier molecular flexibility index (Phi) is 5.64. The van der Waals surface area contributed by atoms with Crippen molar-refractivity contribution in [3.05, 3.63) is 107 Å². The number of hydrogen-bond acceptors (Lipinski definition) is 4. The van der Waals surface area contributed by atoms with Crippen molar-refractivity contribution in [2.45, 2.75) is 39.7 Å². The first-order valence-electron chi connectivity index (χ1n) is 11.9. The Morgan fingerprint density at radius 3 is 2.17 bits per heavy atom. The fourth-order valence-corrected chi connectivity index (χ4v) is 5.22. The zero-order valence-corrected chi connectivity index (χ0v) is 20.2. The number of para-hydroxylation sites is 2. The van der Waals surface area contributed by atoms with Crippen LogP contribution >= 0.6 is 0 Å². The minimum absolute atomic E-state index is 0.0391. The fraction of sp³-hybridized carbons (Fsp3) is 0.233. The van der Waals surface area contributed by atoms with E-state index < -0.39 is 6.04 Å². The van der Waals surface area contributed by atoms with Gasteiger partial charge in [0.25, 0.3) is 0 Å². The number of fused-ring (bicyclic) bond motifs is 1. The summed E-state index contributed by atoms with van der Waals surface area (Å²) < 4.78 is 0. The summed E-state index contributed by atoms with van der Waals surface area (Å²) in [4.78, 5) is 41.3. The number of Topliss-reactive ketones (excluding diaryl/α,β-unsaturated/α-hetero) is 1. The highest BCUT2D eigenvalue weighted by molar-refractivity contribution is 6.09. The molecular formula is C30H28N2O3. The van der Waals surface area contributed by atoms with Crippen molar-refractivity contribution in [1.29, 1.82) is 0 Å². The zero-order chi connectivity index (χ0) is 24.7. The van der Waals surface area contributed by atoms with Gasteiger partial charge in [0.15, 0.2) is 11.6 Å². The summed E-state index contributed by atoms with van der Waals surface area (Å²) in [6.07, 6.45) is 1.12. The molecule has 0 radical (unpaired) electrons. The van der Waals surface area contributed by atoms with Crippen LogP contribution in [0.25, 0.3) is 0 Å². The molecule has 0 bridgehead atoms. The van der Waals surface area contributed by atoms with Crippen molar-refractivity contribution in [1.82, 2.24) is 0 Å². The van der Waals surface area contributed by atoms with Crippen molar-refractivity contribution in [2.75, 3.05) is 10.2 Å². The van der Waals surface area contributed by atoms with E-state index in [4.69, 9.17) is 0 Å². The Labute approximate surface area is 205 Å².